The van der Waals surface area contributed by atoms with E-state index in [4.69, 9.17) is 11.6 Å². The maximum absolute atomic E-state index is 12.2. The van der Waals surface area contributed by atoms with Gasteiger partial charge in [-0.1, -0.05) is 17.7 Å². The number of hydrogen-bond donors (Lipinski definition) is 2. The standard InChI is InChI=1S/C19H14ClN3O2/c20-15-3-1-2-14(12-15)19(25)22-16-6-4-13(5-7-16)18(24)23-17-8-10-21-11-9-17/h1-12H,(H,22,25)(H,21,23,24). The van der Waals surface area contributed by atoms with E-state index in [1.165, 1.54) is 0 Å². The smallest absolute Gasteiger partial charge is 0.255 e. The number of amides is 2. The first-order valence-electron chi connectivity index (χ1n) is 7.50. The number of benzene rings is 2. The highest BCUT2D eigenvalue weighted by Crippen LogP contribution is 2.15. The molecule has 3 aromatic rings. The molecule has 6 heteroatoms. The third-order valence-corrected chi connectivity index (χ3v) is 3.67. The number of carbonyl (C=O) groups excluding carboxylic acids is 2. The molecule has 2 aromatic carbocycles. The van der Waals surface area contributed by atoms with Crippen LogP contribution in [0.2, 0.25) is 5.02 Å². The molecular formula is C19H14ClN3O2. The number of nitrogens with one attached hydrogen (secondary N) is 2. The lowest BCUT2D eigenvalue weighted by Gasteiger charge is -2.08. The fraction of sp³-hybridized carbons (Fsp3) is 0. The fourth-order valence-corrected chi connectivity index (χ4v) is 2.37. The summed E-state index contributed by atoms with van der Waals surface area (Å²) in [6.07, 6.45) is 3.20. The molecule has 0 aliphatic heterocycles. The van der Waals surface area contributed by atoms with Crippen molar-refractivity contribution in [3.8, 4) is 0 Å². The van der Waals surface area contributed by atoms with Crippen LogP contribution >= 0.6 is 11.6 Å². The second-order valence-electron chi connectivity index (χ2n) is 5.23. The number of rotatable bonds is 4. The minimum absolute atomic E-state index is 0.237. The molecule has 0 radical (unpaired) electrons. The van der Waals surface area contributed by atoms with Gasteiger partial charge in [0.2, 0.25) is 0 Å². The van der Waals surface area contributed by atoms with E-state index in [2.05, 4.69) is 15.6 Å². The van der Waals surface area contributed by atoms with Crippen LogP contribution < -0.4 is 10.6 Å². The van der Waals surface area contributed by atoms with E-state index < -0.39 is 0 Å². The Balaban J connectivity index is 1.66. The van der Waals surface area contributed by atoms with Gasteiger partial charge >= 0.3 is 0 Å². The van der Waals surface area contributed by atoms with Crippen molar-refractivity contribution in [2.75, 3.05) is 10.6 Å². The summed E-state index contributed by atoms with van der Waals surface area (Å²) in [5.41, 5.74) is 2.20. The first kappa shape index (κ1) is 16.7. The average molecular weight is 352 g/mol. The molecule has 0 fully saturated rings. The Morgan fingerprint density at radius 3 is 2.00 bits per heavy atom. The van der Waals surface area contributed by atoms with Crippen molar-refractivity contribution in [2.24, 2.45) is 0 Å². The van der Waals surface area contributed by atoms with Crippen molar-refractivity contribution in [3.63, 3.8) is 0 Å². The molecule has 1 heterocycles. The van der Waals surface area contributed by atoms with E-state index in [0.717, 1.165) is 0 Å². The van der Waals surface area contributed by atoms with Gasteiger partial charge in [0.15, 0.2) is 0 Å². The number of pyridine rings is 1. The maximum atomic E-state index is 12.2. The molecule has 25 heavy (non-hydrogen) atoms. The molecule has 0 aliphatic carbocycles. The second-order valence-corrected chi connectivity index (χ2v) is 5.67. The van der Waals surface area contributed by atoms with Crippen molar-refractivity contribution in [3.05, 3.63) is 89.2 Å². The lowest BCUT2D eigenvalue weighted by molar-refractivity contribution is 0.102. The average Bonchev–Trinajstić information content (AvgIpc) is 2.63. The summed E-state index contributed by atoms with van der Waals surface area (Å²) in [4.78, 5) is 28.2. The number of nitrogens with zero attached hydrogens (tertiary/aromatic N) is 1. The third-order valence-electron chi connectivity index (χ3n) is 3.43. The summed E-state index contributed by atoms with van der Waals surface area (Å²) < 4.78 is 0. The van der Waals surface area contributed by atoms with Gasteiger partial charge in [-0.25, -0.2) is 0 Å². The molecule has 0 saturated heterocycles. The minimum Gasteiger partial charge on any atom is -0.322 e. The SMILES string of the molecule is O=C(Nc1ccncc1)c1ccc(NC(=O)c2cccc(Cl)c2)cc1. The zero-order valence-electron chi connectivity index (χ0n) is 13.1. The van der Waals surface area contributed by atoms with E-state index in [1.807, 2.05) is 0 Å². The van der Waals surface area contributed by atoms with Gasteiger partial charge in [0.25, 0.3) is 11.8 Å². The molecule has 2 N–H and O–H groups in total. The van der Waals surface area contributed by atoms with Crippen molar-refractivity contribution in [1.29, 1.82) is 0 Å². The number of halogens is 1. The van der Waals surface area contributed by atoms with Gasteiger partial charge in [-0.15, -0.1) is 0 Å². The zero-order valence-corrected chi connectivity index (χ0v) is 13.8. The summed E-state index contributed by atoms with van der Waals surface area (Å²) in [6.45, 7) is 0. The first-order chi connectivity index (χ1) is 12.1. The summed E-state index contributed by atoms with van der Waals surface area (Å²) in [5.74, 6) is -0.504. The van der Waals surface area contributed by atoms with Crippen molar-refractivity contribution < 1.29 is 9.59 Å². The van der Waals surface area contributed by atoms with E-state index in [9.17, 15) is 9.59 Å². The predicted octanol–water partition coefficient (Wildman–Crippen LogP) is 4.24. The molecule has 2 amide bonds. The van der Waals surface area contributed by atoms with Crippen LogP contribution in [-0.2, 0) is 0 Å². The van der Waals surface area contributed by atoms with Gasteiger partial charge in [-0.3, -0.25) is 14.6 Å². The van der Waals surface area contributed by atoms with E-state index in [-0.39, 0.29) is 11.8 Å². The molecule has 0 bridgehead atoms. The van der Waals surface area contributed by atoms with Gasteiger partial charge < -0.3 is 10.6 Å². The number of hydrogen-bond acceptors (Lipinski definition) is 3. The van der Waals surface area contributed by atoms with Gasteiger partial charge in [-0.2, -0.15) is 0 Å². The zero-order chi connectivity index (χ0) is 17.6. The topological polar surface area (TPSA) is 71.1 Å². The molecule has 0 spiro atoms. The van der Waals surface area contributed by atoms with Crippen LogP contribution in [0.1, 0.15) is 20.7 Å². The minimum atomic E-state index is -0.267. The van der Waals surface area contributed by atoms with Crippen molar-refractivity contribution >= 4 is 34.8 Å². The Bertz CT molecular complexity index is 896. The monoisotopic (exact) mass is 351 g/mol. The van der Waals surface area contributed by atoms with Gasteiger partial charge in [-0.05, 0) is 54.6 Å². The molecule has 1 aromatic heterocycles. The van der Waals surface area contributed by atoms with Crippen molar-refractivity contribution in [2.45, 2.75) is 0 Å². The Labute approximate surface area is 149 Å². The highest BCUT2D eigenvalue weighted by atomic mass is 35.5. The van der Waals surface area contributed by atoms with Crippen LogP contribution in [0.15, 0.2) is 73.1 Å². The summed E-state index contributed by atoms with van der Waals surface area (Å²) >= 11 is 5.89. The first-order valence-corrected chi connectivity index (χ1v) is 7.88. The molecular weight excluding hydrogens is 338 g/mol. The molecule has 0 atom stereocenters. The molecule has 0 unspecified atom stereocenters. The van der Waals surface area contributed by atoms with Crippen LogP contribution in [0.25, 0.3) is 0 Å². The number of aromatic nitrogens is 1. The largest absolute Gasteiger partial charge is 0.322 e. The third kappa shape index (κ3) is 4.43. The Morgan fingerprint density at radius 2 is 1.36 bits per heavy atom. The molecule has 0 aliphatic rings. The number of anilines is 2. The number of carbonyl (C=O) groups is 2. The predicted molar refractivity (Wildman–Crippen MR) is 98.0 cm³/mol. The van der Waals surface area contributed by atoms with E-state index in [0.29, 0.717) is 27.5 Å². The van der Waals surface area contributed by atoms with Gasteiger partial charge in [0.1, 0.15) is 0 Å². The van der Waals surface area contributed by atoms with E-state index in [1.54, 1.807) is 73.1 Å². The van der Waals surface area contributed by atoms with Crippen LogP contribution in [0.3, 0.4) is 0 Å². The summed E-state index contributed by atoms with van der Waals surface area (Å²) in [6, 6.07) is 16.7. The van der Waals surface area contributed by atoms with Crippen LogP contribution in [-0.4, -0.2) is 16.8 Å². The Hall–Kier alpha value is -3.18. The Kier molecular flexibility index (Phi) is 5.06. The highest BCUT2D eigenvalue weighted by Gasteiger charge is 2.09. The van der Waals surface area contributed by atoms with Crippen LogP contribution in [0.5, 0.6) is 0 Å². The molecule has 124 valence electrons. The van der Waals surface area contributed by atoms with Gasteiger partial charge in [0, 0.05) is 39.9 Å². The molecule has 5 nitrogen and oxygen atoms in total. The van der Waals surface area contributed by atoms with Crippen molar-refractivity contribution in [1.82, 2.24) is 4.98 Å². The lowest BCUT2D eigenvalue weighted by atomic mass is 10.1. The second kappa shape index (κ2) is 7.59. The van der Waals surface area contributed by atoms with Gasteiger partial charge in [0.05, 0.1) is 0 Å². The fourth-order valence-electron chi connectivity index (χ4n) is 2.18. The van der Waals surface area contributed by atoms with E-state index >= 15 is 0 Å². The summed E-state index contributed by atoms with van der Waals surface area (Å²) in [5, 5.41) is 6.03. The highest BCUT2D eigenvalue weighted by molar-refractivity contribution is 6.31. The Morgan fingerprint density at radius 1 is 0.760 bits per heavy atom. The van der Waals surface area contributed by atoms with Crippen LogP contribution in [0, 0.1) is 0 Å². The molecule has 3 rings (SSSR count). The normalized spacial score (nSPS) is 10.1. The maximum Gasteiger partial charge on any atom is 0.255 e. The molecule has 0 saturated carbocycles. The summed E-state index contributed by atoms with van der Waals surface area (Å²) in [7, 11) is 0. The quantitative estimate of drug-likeness (QED) is 0.738. The lowest BCUT2D eigenvalue weighted by Crippen LogP contribution is -2.13. The van der Waals surface area contributed by atoms with Crippen LogP contribution in [0.4, 0.5) is 11.4 Å².